The highest BCUT2D eigenvalue weighted by atomic mass is 32.2. The van der Waals surface area contributed by atoms with Crippen LogP contribution in [0.1, 0.15) is 11.3 Å². The molecule has 0 saturated carbocycles. The zero-order valence-electron chi connectivity index (χ0n) is 17.3. The van der Waals surface area contributed by atoms with Crippen molar-refractivity contribution in [1.82, 2.24) is 14.9 Å². The van der Waals surface area contributed by atoms with Gasteiger partial charge in [0.05, 0.1) is 18.0 Å². The van der Waals surface area contributed by atoms with Crippen molar-refractivity contribution >= 4 is 29.3 Å². The summed E-state index contributed by atoms with van der Waals surface area (Å²) in [6.07, 6.45) is 0. The number of carbonyl (C=O) groups is 2. The fourth-order valence-corrected chi connectivity index (χ4v) is 3.58. The molecule has 0 spiro atoms. The summed E-state index contributed by atoms with van der Waals surface area (Å²) in [5.74, 6) is -0.241. The molecule has 0 fully saturated rings. The molecular weight excluding hydrogens is 396 g/mol. The van der Waals surface area contributed by atoms with Crippen molar-refractivity contribution < 1.29 is 9.59 Å². The molecule has 3 aromatic rings. The maximum atomic E-state index is 12.5. The van der Waals surface area contributed by atoms with E-state index in [1.165, 1.54) is 16.7 Å². The Kier molecular flexibility index (Phi) is 7.19. The first-order valence-electron chi connectivity index (χ1n) is 9.55. The molecule has 0 atom stereocenters. The number of benzene rings is 2. The number of nitrogens with one attached hydrogen (secondary N) is 1. The molecule has 1 aromatic heterocycles. The number of nitrogens with zero attached hydrogens (tertiary/aromatic N) is 3. The molecule has 6 nitrogen and oxygen atoms in total. The van der Waals surface area contributed by atoms with E-state index in [2.05, 4.69) is 15.3 Å². The van der Waals surface area contributed by atoms with Gasteiger partial charge in [-0.1, -0.05) is 59.8 Å². The highest BCUT2D eigenvalue weighted by molar-refractivity contribution is 7.99. The van der Waals surface area contributed by atoms with E-state index in [1.807, 2.05) is 74.5 Å². The van der Waals surface area contributed by atoms with Crippen LogP contribution in [-0.4, -0.2) is 46.0 Å². The number of likely N-dealkylation sites (N-methyl/N-ethyl adjacent to an activating group) is 1. The maximum absolute atomic E-state index is 12.5. The normalized spacial score (nSPS) is 10.5. The van der Waals surface area contributed by atoms with Crippen molar-refractivity contribution in [2.45, 2.75) is 19.0 Å². The number of amides is 2. The molecule has 0 saturated heterocycles. The molecule has 0 aliphatic rings. The summed E-state index contributed by atoms with van der Waals surface area (Å²) < 4.78 is 0. The van der Waals surface area contributed by atoms with E-state index in [-0.39, 0.29) is 24.1 Å². The topological polar surface area (TPSA) is 75.2 Å². The largest absolute Gasteiger partial charge is 0.336 e. The molecule has 0 bridgehead atoms. The fraction of sp³-hybridized carbons (Fsp3) is 0.217. The smallest absolute Gasteiger partial charge is 0.243 e. The van der Waals surface area contributed by atoms with E-state index in [4.69, 9.17) is 0 Å². The first-order chi connectivity index (χ1) is 14.4. The summed E-state index contributed by atoms with van der Waals surface area (Å²) in [6, 6.07) is 19.3. The highest BCUT2D eigenvalue weighted by Gasteiger charge is 2.15. The lowest BCUT2D eigenvalue weighted by atomic mass is 10.1. The Morgan fingerprint density at radius 2 is 1.70 bits per heavy atom. The van der Waals surface area contributed by atoms with Crippen LogP contribution in [0.5, 0.6) is 0 Å². The standard InChI is InChI=1S/C23H24N4O2S/c1-16-9-11-19(12-10-16)25-21(28)14-27(3)22(29)15-30-23-24-17(2)13-20(26-23)18-7-5-4-6-8-18/h4-13H,14-15H2,1-3H3,(H,25,28). The number of anilines is 1. The van der Waals surface area contributed by atoms with E-state index in [1.54, 1.807) is 7.05 Å². The van der Waals surface area contributed by atoms with Crippen molar-refractivity contribution in [2.75, 3.05) is 24.7 Å². The second kappa shape index (κ2) is 10.0. The summed E-state index contributed by atoms with van der Waals surface area (Å²) in [6.45, 7) is 3.87. The van der Waals surface area contributed by atoms with Crippen LogP contribution in [-0.2, 0) is 9.59 Å². The van der Waals surface area contributed by atoms with Crippen molar-refractivity contribution in [3.8, 4) is 11.3 Å². The van der Waals surface area contributed by atoms with Gasteiger partial charge < -0.3 is 10.2 Å². The molecule has 2 aromatic carbocycles. The third-order valence-corrected chi connectivity index (χ3v) is 5.20. The Labute approximate surface area is 180 Å². The molecule has 7 heteroatoms. The van der Waals surface area contributed by atoms with Gasteiger partial charge in [0.1, 0.15) is 0 Å². The zero-order chi connectivity index (χ0) is 21.5. The zero-order valence-corrected chi connectivity index (χ0v) is 18.1. The Morgan fingerprint density at radius 1 is 1.00 bits per heavy atom. The Hall–Kier alpha value is -3.19. The summed E-state index contributed by atoms with van der Waals surface area (Å²) in [4.78, 5) is 35.0. The van der Waals surface area contributed by atoms with Gasteiger partial charge in [0.25, 0.3) is 0 Å². The first-order valence-corrected chi connectivity index (χ1v) is 10.5. The van der Waals surface area contributed by atoms with Crippen LogP contribution in [0.25, 0.3) is 11.3 Å². The molecule has 2 amide bonds. The molecule has 0 aliphatic carbocycles. The van der Waals surface area contributed by atoms with Crippen LogP contribution in [0.2, 0.25) is 0 Å². The van der Waals surface area contributed by atoms with Crippen LogP contribution < -0.4 is 5.32 Å². The van der Waals surface area contributed by atoms with E-state index in [9.17, 15) is 9.59 Å². The van der Waals surface area contributed by atoms with Crippen molar-refractivity contribution in [1.29, 1.82) is 0 Å². The SMILES string of the molecule is Cc1ccc(NC(=O)CN(C)C(=O)CSc2nc(C)cc(-c3ccccc3)n2)cc1. The van der Waals surface area contributed by atoms with Gasteiger partial charge in [-0.25, -0.2) is 9.97 Å². The molecule has 154 valence electrons. The minimum Gasteiger partial charge on any atom is -0.336 e. The van der Waals surface area contributed by atoms with Crippen molar-refractivity contribution in [3.05, 3.63) is 71.9 Å². The number of thioether (sulfide) groups is 1. The number of hydrogen-bond acceptors (Lipinski definition) is 5. The number of rotatable bonds is 7. The molecule has 3 rings (SSSR count). The lowest BCUT2D eigenvalue weighted by Gasteiger charge is -2.16. The van der Waals surface area contributed by atoms with E-state index < -0.39 is 0 Å². The van der Waals surface area contributed by atoms with Gasteiger partial charge in [0.2, 0.25) is 11.8 Å². The second-order valence-corrected chi connectivity index (χ2v) is 7.94. The van der Waals surface area contributed by atoms with Crippen LogP contribution in [0.4, 0.5) is 5.69 Å². The monoisotopic (exact) mass is 420 g/mol. The number of hydrogen-bond donors (Lipinski definition) is 1. The molecule has 1 heterocycles. The Balaban J connectivity index is 1.55. The van der Waals surface area contributed by atoms with Crippen LogP contribution >= 0.6 is 11.8 Å². The predicted octanol–water partition coefficient (Wildman–Crippen LogP) is 3.95. The first kappa shape index (κ1) is 21.5. The minimum absolute atomic E-state index is 0.0167. The summed E-state index contributed by atoms with van der Waals surface area (Å²) in [7, 11) is 1.62. The lowest BCUT2D eigenvalue weighted by molar-refractivity contribution is -0.131. The third kappa shape index (κ3) is 6.15. The van der Waals surface area contributed by atoms with Gasteiger partial charge >= 0.3 is 0 Å². The Morgan fingerprint density at radius 3 is 2.40 bits per heavy atom. The molecule has 0 radical (unpaired) electrons. The second-order valence-electron chi connectivity index (χ2n) is 7.00. The third-order valence-electron chi connectivity index (χ3n) is 4.37. The number of aryl methyl sites for hydroxylation is 2. The van der Waals surface area contributed by atoms with Crippen molar-refractivity contribution in [3.63, 3.8) is 0 Å². The van der Waals surface area contributed by atoms with Crippen LogP contribution in [0.15, 0.2) is 65.8 Å². The summed E-state index contributed by atoms with van der Waals surface area (Å²) in [5, 5.41) is 3.34. The predicted molar refractivity (Wildman–Crippen MR) is 120 cm³/mol. The molecular formula is C23H24N4O2S. The van der Waals surface area contributed by atoms with Gasteiger partial charge in [-0.3, -0.25) is 9.59 Å². The lowest BCUT2D eigenvalue weighted by Crippen LogP contribution is -2.36. The van der Waals surface area contributed by atoms with E-state index >= 15 is 0 Å². The molecule has 0 aliphatic heterocycles. The van der Waals surface area contributed by atoms with Gasteiger partial charge in [0, 0.05) is 24.0 Å². The number of carbonyl (C=O) groups excluding carboxylic acids is 2. The fourth-order valence-electron chi connectivity index (χ4n) is 2.74. The van der Waals surface area contributed by atoms with Gasteiger partial charge in [0.15, 0.2) is 5.16 Å². The molecule has 30 heavy (non-hydrogen) atoms. The van der Waals surface area contributed by atoms with Crippen LogP contribution in [0.3, 0.4) is 0 Å². The average Bonchev–Trinajstić information content (AvgIpc) is 2.74. The van der Waals surface area contributed by atoms with Crippen molar-refractivity contribution in [2.24, 2.45) is 0 Å². The summed E-state index contributed by atoms with van der Waals surface area (Å²) >= 11 is 1.27. The maximum Gasteiger partial charge on any atom is 0.243 e. The minimum atomic E-state index is -0.238. The van der Waals surface area contributed by atoms with Crippen LogP contribution in [0, 0.1) is 13.8 Å². The quantitative estimate of drug-likeness (QED) is 0.463. The van der Waals surface area contributed by atoms with Gasteiger partial charge in [-0.2, -0.15) is 0 Å². The van der Waals surface area contributed by atoms with E-state index in [0.717, 1.165) is 22.5 Å². The van der Waals surface area contributed by atoms with Gasteiger partial charge in [-0.05, 0) is 32.0 Å². The number of aromatic nitrogens is 2. The van der Waals surface area contributed by atoms with Gasteiger partial charge in [-0.15, -0.1) is 0 Å². The molecule has 0 unspecified atom stereocenters. The summed E-state index contributed by atoms with van der Waals surface area (Å²) in [5.41, 5.74) is 4.49. The average molecular weight is 421 g/mol. The van der Waals surface area contributed by atoms with E-state index in [0.29, 0.717) is 10.8 Å². The Bertz CT molecular complexity index is 1020. The molecule has 1 N–H and O–H groups in total. The highest BCUT2D eigenvalue weighted by Crippen LogP contribution is 2.21.